The van der Waals surface area contributed by atoms with Crippen LogP contribution in [0.3, 0.4) is 0 Å². The van der Waals surface area contributed by atoms with Gasteiger partial charge in [-0.05, 0) is 32.1 Å². The highest BCUT2D eigenvalue weighted by atomic mass is 15.2. The van der Waals surface area contributed by atoms with E-state index in [-0.39, 0.29) is 0 Å². The summed E-state index contributed by atoms with van der Waals surface area (Å²) in [5.74, 6) is 1.87. The van der Waals surface area contributed by atoms with E-state index in [0.29, 0.717) is 6.04 Å². The van der Waals surface area contributed by atoms with Crippen LogP contribution in [0.1, 0.15) is 58.8 Å². The van der Waals surface area contributed by atoms with E-state index in [2.05, 4.69) is 29.5 Å². The van der Waals surface area contributed by atoms with E-state index in [0.717, 1.165) is 18.4 Å². The Morgan fingerprint density at radius 2 is 2.06 bits per heavy atom. The quantitative estimate of drug-likeness (QED) is 0.388. The second-order valence-corrected chi connectivity index (χ2v) is 5.29. The highest BCUT2D eigenvalue weighted by Crippen LogP contribution is 2.27. The molecule has 1 saturated carbocycles. The highest BCUT2D eigenvalue weighted by Gasteiger charge is 2.21. The smallest absolute Gasteiger partial charge is 0.191 e. The Labute approximate surface area is 106 Å². The average molecular weight is 239 g/mol. The van der Waals surface area contributed by atoms with Crippen LogP contribution >= 0.6 is 0 Å². The van der Waals surface area contributed by atoms with Crippen molar-refractivity contribution in [3.8, 4) is 0 Å². The van der Waals surface area contributed by atoms with Crippen LogP contribution in [0.25, 0.3) is 0 Å². The molecule has 1 unspecified atom stereocenters. The van der Waals surface area contributed by atoms with Crippen LogP contribution in [-0.2, 0) is 0 Å². The van der Waals surface area contributed by atoms with Crippen LogP contribution in [0.15, 0.2) is 4.99 Å². The van der Waals surface area contributed by atoms with Crippen LogP contribution in [-0.4, -0.2) is 25.6 Å². The molecular weight excluding hydrogens is 210 g/mol. The van der Waals surface area contributed by atoms with E-state index in [1.165, 1.54) is 44.9 Å². The van der Waals surface area contributed by atoms with Gasteiger partial charge in [0.15, 0.2) is 5.96 Å². The predicted octanol–water partition coefficient (Wildman–Crippen LogP) is 2.92. The number of guanidine groups is 1. The van der Waals surface area contributed by atoms with Gasteiger partial charge in [-0.3, -0.25) is 4.99 Å². The number of hydrogen-bond acceptors (Lipinski definition) is 1. The van der Waals surface area contributed by atoms with Gasteiger partial charge in [-0.15, -0.1) is 0 Å². The van der Waals surface area contributed by atoms with E-state index in [9.17, 15) is 0 Å². The molecule has 1 aliphatic carbocycles. The number of hydrogen-bond donors (Lipinski definition) is 2. The van der Waals surface area contributed by atoms with E-state index in [1.54, 1.807) is 0 Å². The summed E-state index contributed by atoms with van der Waals surface area (Å²) in [4.78, 5) is 4.27. The van der Waals surface area contributed by atoms with Crippen molar-refractivity contribution >= 4 is 5.96 Å². The number of nitrogens with zero attached hydrogens (tertiary/aromatic N) is 1. The monoisotopic (exact) mass is 239 g/mol. The summed E-state index contributed by atoms with van der Waals surface area (Å²) in [6.45, 7) is 5.59. The zero-order chi connectivity index (χ0) is 12.5. The Hall–Kier alpha value is -0.730. The second-order valence-electron chi connectivity index (χ2n) is 5.29. The molecule has 3 nitrogen and oxygen atoms in total. The van der Waals surface area contributed by atoms with Crippen molar-refractivity contribution in [1.29, 1.82) is 0 Å². The molecular formula is C14H29N3. The van der Waals surface area contributed by atoms with Crippen molar-refractivity contribution in [2.24, 2.45) is 10.9 Å². The lowest BCUT2D eigenvalue weighted by Gasteiger charge is -2.17. The topological polar surface area (TPSA) is 36.4 Å². The van der Waals surface area contributed by atoms with Crippen LogP contribution in [0.5, 0.6) is 0 Å². The molecule has 0 spiro atoms. The zero-order valence-corrected chi connectivity index (χ0v) is 11.8. The first-order valence-corrected chi connectivity index (χ1v) is 7.23. The van der Waals surface area contributed by atoms with Gasteiger partial charge in [0.1, 0.15) is 0 Å². The van der Waals surface area contributed by atoms with Gasteiger partial charge in [0.05, 0.1) is 0 Å². The maximum atomic E-state index is 4.27. The van der Waals surface area contributed by atoms with Gasteiger partial charge in [-0.2, -0.15) is 0 Å². The molecule has 0 radical (unpaired) electrons. The van der Waals surface area contributed by atoms with Crippen LogP contribution < -0.4 is 10.6 Å². The first kappa shape index (κ1) is 14.3. The number of nitrogens with one attached hydrogen (secondary N) is 2. The Morgan fingerprint density at radius 1 is 1.29 bits per heavy atom. The van der Waals surface area contributed by atoms with Gasteiger partial charge >= 0.3 is 0 Å². The van der Waals surface area contributed by atoms with E-state index in [1.807, 2.05) is 7.05 Å². The Bertz CT molecular complexity index is 222. The van der Waals surface area contributed by atoms with Gasteiger partial charge in [0, 0.05) is 19.6 Å². The summed E-state index contributed by atoms with van der Waals surface area (Å²) in [7, 11) is 1.85. The summed E-state index contributed by atoms with van der Waals surface area (Å²) in [6, 6.07) is 0.525. The van der Waals surface area contributed by atoms with Crippen molar-refractivity contribution in [3.63, 3.8) is 0 Å². The molecule has 1 atom stereocenters. The standard InChI is InChI=1S/C14H29N3/c1-4-5-6-7-8-12(2)17-14(15-3)16-11-13-9-10-13/h12-13H,4-11H2,1-3H3,(H2,15,16,17). The third kappa shape index (κ3) is 7.24. The molecule has 0 aromatic heterocycles. The van der Waals surface area contributed by atoms with Gasteiger partial charge in [0.25, 0.3) is 0 Å². The predicted molar refractivity (Wildman–Crippen MR) is 75.4 cm³/mol. The first-order chi connectivity index (χ1) is 8.26. The number of rotatable bonds is 8. The van der Waals surface area contributed by atoms with Crippen LogP contribution in [0, 0.1) is 5.92 Å². The molecule has 0 amide bonds. The zero-order valence-electron chi connectivity index (χ0n) is 11.8. The lowest BCUT2D eigenvalue weighted by molar-refractivity contribution is 0.536. The minimum Gasteiger partial charge on any atom is -0.356 e. The van der Waals surface area contributed by atoms with E-state index >= 15 is 0 Å². The van der Waals surface area contributed by atoms with Crippen molar-refractivity contribution in [2.75, 3.05) is 13.6 Å². The van der Waals surface area contributed by atoms with Gasteiger partial charge < -0.3 is 10.6 Å². The molecule has 0 aromatic rings. The SMILES string of the molecule is CCCCCCC(C)NC(=NC)NCC1CC1. The highest BCUT2D eigenvalue weighted by molar-refractivity contribution is 5.79. The summed E-state index contributed by atoms with van der Waals surface area (Å²) in [5.41, 5.74) is 0. The maximum Gasteiger partial charge on any atom is 0.191 e. The van der Waals surface area contributed by atoms with Crippen molar-refractivity contribution < 1.29 is 0 Å². The minimum absolute atomic E-state index is 0.525. The fourth-order valence-electron chi connectivity index (χ4n) is 1.94. The number of unbranched alkanes of at least 4 members (excludes halogenated alkanes) is 3. The lowest BCUT2D eigenvalue weighted by atomic mass is 10.1. The van der Waals surface area contributed by atoms with Gasteiger partial charge in [0.2, 0.25) is 0 Å². The Morgan fingerprint density at radius 3 is 2.65 bits per heavy atom. The molecule has 2 N–H and O–H groups in total. The largest absolute Gasteiger partial charge is 0.356 e. The maximum absolute atomic E-state index is 4.27. The van der Waals surface area contributed by atoms with Crippen molar-refractivity contribution in [3.05, 3.63) is 0 Å². The fraction of sp³-hybridized carbons (Fsp3) is 0.929. The van der Waals surface area contributed by atoms with E-state index < -0.39 is 0 Å². The van der Waals surface area contributed by atoms with Crippen molar-refractivity contribution in [2.45, 2.75) is 64.8 Å². The molecule has 0 bridgehead atoms. The molecule has 17 heavy (non-hydrogen) atoms. The minimum atomic E-state index is 0.525. The van der Waals surface area contributed by atoms with Crippen LogP contribution in [0.2, 0.25) is 0 Å². The summed E-state index contributed by atoms with van der Waals surface area (Å²) in [5, 5.41) is 6.87. The Balaban J connectivity index is 2.06. The molecule has 0 aromatic carbocycles. The third-order valence-electron chi connectivity index (χ3n) is 3.35. The van der Waals surface area contributed by atoms with Gasteiger partial charge in [-0.1, -0.05) is 32.6 Å². The molecule has 0 heterocycles. The number of aliphatic imine (C=N–C) groups is 1. The van der Waals surface area contributed by atoms with Crippen LogP contribution in [0.4, 0.5) is 0 Å². The Kier molecular flexibility index (Phi) is 7.06. The first-order valence-electron chi connectivity index (χ1n) is 7.23. The van der Waals surface area contributed by atoms with Gasteiger partial charge in [-0.25, -0.2) is 0 Å². The molecule has 1 rings (SSSR count). The fourth-order valence-corrected chi connectivity index (χ4v) is 1.94. The average Bonchev–Trinajstić information content (AvgIpc) is 3.14. The second kappa shape index (κ2) is 8.37. The molecule has 1 aliphatic rings. The lowest BCUT2D eigenvalue weighted by Crippen LogP contribution is -2.42. The molecule has 1 fully saturated rings. The van der Waals surface area contributed by atoms with Crippen molar-refractivity contribution in [1.82, 2.24) is 10.6 Å². The third-order valence-corrected chi connectivity index (χ3v) is 3.35. The summed E-state index contributed by atoms with van der Waals surface area (Å²) >= 11 is 0. The normalized spacial score (nSPS) is 17.9. The summed E-state index contributed by atoms with van der Waals surface area (Å²) < 4.78 is 0. The molecule has 0 aliphatic heterocycles. The summed E-state index contributed by atoms with van der Waals surface area (Å²) in [6.07, 6.45) is 9.36. The molecule has 0 saturated heterocycles. The van der Waals surface area contributed by atoms with E-state index in [4.69, 9.17) is 0 Å². The molecule has 3 heteroatoms. The molecule has 100 valence electrons.